The maximum atomic E-state index is 14.2. The van der Waals surface area contributed by atoms with Gasteiger partial charge in [-0.2, -0.15) is 0 Å². The predicted octanol–water partition coefficient (Wildman–Crippen LogP) is 6.01. The van der Waals surface area contributed by atoms with Crippen molar-refractivity contribution in [1.82, 2.24) is 0 Å². The van der Waals surface area contributed by atoms with Gasteiger partial charge in [0.2, 0.25) is 11.8 Å². The van der Waals surface area contributed by atoms with Crippen molar-refractivity contribution in [3.05, 3.63) is 41.5 Å². The van der Waals surface area contributed by atoms with E-state index in [2.05, 4.69) is 26.8 Å². The molecule has 1 N–H and O–H groups in total. The van der Waals surface area contributed by atoms with Gasteiger partial charge >= 0.3 is 5.97 Å². The van der Waals surface area contributed by atoms with Crippen LogP contribution in [-0.4, -0.2) is 22.9 Å². The van der Waals surface area contributed by atoms with Crippen molar-refractivity contribution in [3.63, 3.8) is 0 Å². The van der Waals surface area contributed by atoms with E-state index in [4.69, 9.17) is 0 Å². The van der Waals surface area contributed by atoms with E-state index < -0.39 is 11.4 Å². The normalized spacial score (nSPS) is 43.2. The Morgan fingerprint density at radius 2 is 1.72 bits per heavy atom. The van der Waals surface area contributed by atoms with Crippen LogP contribution >= 0.6 is 0 Å². The number of hydrogen-bond acceptors (Lipinski definition) is 3. The van der Waals surface area contributed by atoms with Gasteiger partial charge in [0.05, 0.1) is 22.9 Å². The van der Waals surface area contributed by atoms with Crippen molar-refractivity contribution in [2.75, 3.05) is 4.90 Å². The Bertz CT molecular complexity index is 1180. The van der Waals surface area contributed by atoms with Gasteiger partial charge in [0.15, 0.2) is 0 Å². The molecule has 0 radical (unpaired) electrons. The summed E-state index contributed by atoms with van der Waals surface area (Å²) in [6.45, 7) is 10.7. The fraction of sp³-hybridized carbons (Fsp3) is 0.645. The van der Waals surface area contributed by atoms with Crippen molar-refractivity contribution in [1.29, 1.82) is 0 Å². The van der Waals surface area contributed by atoms with Gasteiger partial charge in [-0.15, -0.1) is 0 Å². The highest BCUT2D eigenvalue weighted by molar-refractivity contribution is 6.23. The molecule has 1 saturated heterocycles. The van der Waals surface area contributed by atoms with Gasteiger partial charge in [-0.3, -0.25) is 19.3 Å². The zero-order valence-electron chi connectivity index (χ0n) is 22.2. The third-order valence-electron chi connectivity index (χ3n) is 11.5. The lowest BCUT2D eigenvalue weighted by Crippen LogP contribution is -2.65. The van der Waals surface area contributed by atoms with E-state index in [9.17, 15) is 19.5 Å². The summed E-state index contributed by atoms with van der Waals surface area (Å²) < 4.78 is 0. The summed E-state index contributed by atoms with van der Waals surface area (Å²) in [6, 6.07) is 7.72. The number of carbonyl (C=O) groups is 3. The maximum Gasteiger partial charge on any atom is 0.309 e. The second-order valence-electron chi connectivity index (χ2n) is 13.3. The summed E-state index contributed by atoms with van der Waals surface area (Å²) in [6.07, 6.45) is 7.58. The van der Waals surface area contributed by atoms with Crippen LogP contribution in [0.15, 0.2) is 35.9 Å². The van der Waals surface area contributed by atoms with E-state index in [1.807, 2.05) is 38.1 Å². The SMILES string of the molecule is Cc1ccc(N2C(=O)[C@@H]3[C@@H](C2=O)[C@]24C=C(C(C)C)[C@@H]3C[C@@H]2[C@]2(C)CCC[C@@](C)(C(=O)O)[C@H]2CC4)cc1. The summed E-state index contributed by atoms with van der Waals surface area (Å²) in [5.41, 5.74) is 1.89. The summed E-state index contributed by atoms with van der Waals surface area (Å²) in [5, 5.41) is 10.3. The van der Waals surface area contributed by atoms with Gasteiger partial charge in [0.25, 0.3) is 0 Å². The molecule has 5 heteroatoms. The molecule has 1 heterocycles. The highest BCUT2D eigenvalue weighted by Gasteiger charge is 2.73. The molecule has 5 aliphatic carbocycles. The van der Waals surface area contributed by atoms with Gasteiger partial charge in [-0.1, -0.05) is 56.5 Å². The van der Waals surface area contributed by atoms with Crippen LogP contribution in [0.5, 0.6) is 0 Å². The number of carboxylic acid groups (broad SMARTS) is 1. The Balaban J connectivity index is 1.49. The molecule has 0 aromatic heterocycles. The molecule has 5 nitrogen and oxygen atoms in total. The standard InChI is InChI=1S/C31H39NO4/c1-17(2)21-16-31-14-11-22-29(4,12-6-13-30(22,5)28(35)36)23(31)15-20(21)24-25(31)27(34)32(26(24)33)19-9-7-18(3)8-10-19/h7-10,16-17,20,22-25H,6,11-15H2,1-5H3,(H,35,36)/t20-,22-,23+,24-,25-,29+,30+,31+/m0/s1. The summed E-state index contributed by atoms with van der Waals surface area (Å²) >= 11 is 0. The molecular weight excluding hydrogens is 450 g/mol. The molecule has 36 heavy (non-hydrogen) atoms. The highest BCUT2D eigenvalue weighted by atomic mass is 16.4. The van der Waals surface area contributed by atoms with Crippen LogP contribution in [0.3, 0.4) is 0 Å². The van der Waals surface area contributed by atoms with Crippen LogP contribution in [0.2, 0.25) is 0 Å². The molecule has 0 unspecified atom stereocenters. The number of rotatable bonds is 3. The minimum atomic E-state index is -0.723. The van der Waals surface area contributed by atoms with Gasteiger partial charge in [-0.05, 0) is 87.2 Å². The van der Waals surface area contributed by atoms with E-state index >= 15 is 0 Å². The molecule has 6 aliphatic rings. The zero-order valence-corrected chi connectivity index (χ0v) is 22.2. The summed E-state index contributed by atoms with van der Waals surface area (Å²) in [7, 11) is 0. The molecule has 2 bridgehead atoms. The minimum Gasteiger partial charge on any atom is -0.481 e. The number of amides is 2. The van der Waals surface area contributed by atoms with Crippen LogP contribution in [0.1, 0.15) is 71.8 Å². The number of aryl methyl sites for hydroxylation is 1. The number of benzene rings is 1. The zero-order chi connectivity index (χ0) is 25.8. The average Bonchev–Trinajstić information content (AvgIpc) is 3.11. The first-order valence-corrected chi connectivity index (χ1v) is 13.9. The van der Waals surface area contributed by atoms with Crippen LogP contribution in [0.25, 0.3) is 0 Å². The quantitative estimate of drug-likeness (QED) is 0.417. The van der Waals surface area contributed by atoms with Crippen molar-refractivity contribution in [2.24, 2.45) is 51.8 Å². The molecule has 1 aromatic rings. The second-order valence-corrected chi connectivity index (χ2v) is 13.3. The Morgan fingerprint density at radius 3 is 2.36 bits per heavy atom. The van der Waals surface area contributed by atoms with Crippen LogP contribution < -0.4 is 4.90 Å². The van der Waals surface area contributed by atoms with Crippen LogP contribution in [-0.2, 0) is 14.4 Å². The number of fused-ring (bicyclic) bond motifs is 1. The number of aliphatic carboxylic acids is 1. The van der Waals surface area contributed by atoms with E-state index in [-0.39, 0.29) is 52.2 Å². The molecule has 1 aliphatic heterocycles. The Labute approximate surface area is 214 Å². The van der Waals surface area contributed by atoms with E-state index in [0.29, 0.717) is 11.6 Å². The van der Waals surface area contributed by atoms with Gasteiger partial charge in [0.1, 0.15) is 0 Å². The number of carboxylic acids is 1. The fourth-order valence-electron chi connectivity index (χ4n) is 9.91. The molecule has 192 valence electrons. The number of hydrogen-bond donors (Lipinski definition) is 1. The lowest BCUT2D eigenvalue weighted by molar-refractivity contribution is -0.194. The maximum absolute atomic E-state index is 14.2. The van der Waals surface area contributed by atoms with Crippen molar-refractivity contribution >= 4 is 23.5 Å². The largest absolute Gasteiger partial charge is 0.481 e. The third kappa shape index (κ3) is 2.80. The first-order chi connectivity index (χ1) is 17.0. The molecular formula is C31H39NO4. The molecule has 1 aromatic carbocycles. The minimum absolute atomic E-state index is 0.0331. The van der Waals surface area contributed by atoms with Crippen molar-refractivity contribution in [3.8, 4) is 0 Å². The molecule has 4 fully saturated rings. The number of allylic oxidation sites excluding steroid dienone is 2. The van der Waals surface area contributed by atoms with Crippen molar-refractivity contribution in [2.45, 2.75) is 73.1 Å². The Kier molecular flexibility index (Phi) is 5.02. The lowest BCUT2D eigenvalue weighted by Gasteiger charge is -2.68. The van der Waals surface area contributed by atoms with E-state index in [1.165, 1.54) is 10.5 Å². The molecule has 7 rings (SSSR count). The van der Waals surface area contributed by atoms with Crippen LogP contribution in [0.4, 0.5) is 5.69 Å². The molecule has 1 spiro atoms. The molecule has 2 amide bonds. The topological polar surface area (TPSA) is 74.7 Å². The fourth-order valence-corrected chi connectivity index (χ4v) is 9.91. The summed E-state index contributed by atoms with van der Waals surface area (Å²) in [4.78, 5) is 42.3. The Morgan fingerprint density at radius 1 is 1.03 bits per heavy atom. The first kappa shape index (κ1) is 23.9. The average molecular weight is 490 g/mol. The van der Waals surface area contributed by atoms with Gasteiger partial charge in [-0.25, -0.2) is 0 Å². The lowest BCUT2D eigenvalue weighted by atomic mass is 9.34. The van der Waals surface area contributed by atoms with E-state index in [0.717, 1.165) is 44.1 Å². The number of imide groups is 1. The number of carbonyl (C=O) groups excluding carboxylic acids is 2. The van der Waals surface area contributed by atoms with Crippen LogP contribution in [0, 0.1) is 58.7 Å². The molecule has 3 saturated carbocycles. The number of nitrogens with zero attached hydrogens (tertiary/aromatic N) is 1. The van der Waals surface area contributed by atoms with Crippen molar-refractivity contribution < 1.29 is 19.5 Å². The smallest absolute Gasteiger partial charge is 0.309 e. The molecule has 8 atom stereocenters. The number of anilines is 1. The van der Waals surface area contributed by atoms with Gasteiger partial charge in [0, 0.05) is 5.41 Å². The van der Waals surface area contributed by atoms with E-state index in [1.54, 1.807) is 0 Å². The predicted molar refractivity (Wildman–Crippen MR) is 138 cm³/mol. The highest BCUT2D eigenvalue weighted by Crippen LogP contribution is 2.74. The Hall–Kier alpha value is -2.43. The summed E-state index contributed by atoms with van der Waals surface area (Å²) in [5.74, 6) is -0.679. The second kappa shape index (κ2) is 7.55. The third-order valence-corrected chi connectivity index (χ3v) is 11.5. The van der Waals surface area contributed by atoms with Gasteiger partial charge < -0.3 is 5.11 Å². The first-order valence-electron chi connectivity index (χ1n) is 13.9. The monoisotopic (exact) mass is 489 g/mol.